The minimum Gasteiger partial charge on any atom is -0.498 e. The smallest absolute Gasteiger partial charge is 0.274 e. The number of benzene rings is 1. The van der Waals surface area contributed by atoms with Crippen molar-refractivity contribution in [3.8, 4) is 11.3 Å². The Morgan fingerprint density at radius 3 is 2.78 bits per heavy atom. The van der Waals surface area contributed by atoms with Gasteiger partial charge < -0.3 is 14.6 Å². The molecule has 5 rings (SSSR count). The number of aromatic amines is 1. The second kappa shape index (κ2) is 12.5. The van der Waals surface area contributed by atoms with Crippen LogP contribution in [-0.2, 0) is 11.3 Å². The molecule has 0 saturated heterocycles. The Morgan fingerprint density at radius 2 is 1.97 bits per heavy atom. The second-order valence-corrected chi connectivity index (χ2v) is 10.9. The Bertz CT molecular complexity index is 1410. The standard InChI is InChI=1S/C29H38N4O3S/c1-5-6-16-32(4)18-15-22-13-14-25-20(2)30-26(28(34)31-25)23-11-10-12-24-27(23)37-33(29(24)35)17-8-7-9-19-36-21(22)3/h10-14H,5-9,15-19H2,1-4H3,(H,31,34)/b14-13-,22-21-. The van der Waals surface area contributed by atoms with Crippen LogP contribution in [0, 0.1) is 6.92 Å². The molecular weight excluding hydrogens is 484 g/mol. The van der Waals surface area contributed by atoms with E-state index in [1.165, 1.54) is 24.4 Å². The Kier molecular flexibility index (Phi) is 9.16. The van der Waals surface area contributed by atoms with Crippen LogP contribution in [0.4, 0.5) is 0 Å². The van der Waals surface area contributed by atoms with Crippen LogP contribution in [0.3, 0.4) is 0 Å². The number of ether oxygens (including phenoxy) is 1. The molecule has 8 heteroatoms. The van der Waals surface area contributed by atoms with Crippen molar-refractivity contribution in [1.29, 1.82) is 0 Å². The molecule has 2 aliphatic rings. The predicted molar refractivity (Wildman–Crippen MR) is 153 cm³/mol. The van der Waals surface area contributed by atoms with Gasteiger partial charge in [0.15, 0.2) is 0 Å². The van der Waals surface area contributed by atoms with Crippen molar-refractivity contribution < 1.29 is 4.74 Å². The summed E-state index contributed by atoms with van der Waals surface area (Å²) >= 11 is 1.42. The van der Waals surface area contributed by atoms with E-state index >= 15 is 0 Å². The summed E-state index contributed by atoms with van der Waals surface area (Å²) in [4.78, 5) is 36.3. The average molecular weight is 523 g/mol. The predicted octanol–water partition coefficient (Wildman–Crippen LogP) is 5.73. The van der Waals surface area contributed by atoms with Gasteiger partial charge in [-0.2, -0.15) is 0 Å². The number of unbranched alkanes of at least 4 members (excludes halogenated alkanes) is 1. The summed E-state index contributed by atoms with van der Waals surface area (Å²) in [6, 6.07) is 5.54. The largest absolute Gasteiger partial charge is 0.498 e. The molecule has 1 N–H and O–H groups in total. The summed E-state index contributed by atoms with van der Waals surface area (Å²) in [6.07, 6.45) is 10.0. The van der Waals surface area contributed by atoms with Gasteiger partial charge >= 0.3 is 0 Å². The van der Waals surface area contributed by atoms with Crippen LogP contribution in [0.1, 0.15) is 63.8 Å². The highest BCUT2D eigenvalue weighted by molar-refractivity contribution is 7.14. The van der Waals surface area contributed by atoms with E-state index in [-0.39, 0.29) is 11.1 Å². The number of aryl methyl sites for hydroxylation is 2. The van der Waals surface area contributed by atoms with E-state index in [0.29, 0.717) is 35.5 Å². The van der Waals surface area contributed by atoms with Gasteiger partial charge in [-0.1, -0.05) is 43.1 Å². The van der Waals surface area contributed by atoms with Crippen molar-refractivity contribution in [3.63, 3.8) is 0 Å². The van der Waals surface area contributed by atoms with Crippen LogP contribution < -0.4 is 11.1 Å². The Morgan fingerprint density at radius 1 is 1.14 bits per heavy atom. The summed E-state index contributed by atoms with van der Waals surface area (Å²) in [7, 11) is 2.16. The zero-order valence-corrected chi connectivity index (χ0v) is 23.2. The lowest BCUT2D eigenvalue weighted by Crippen LogP contribution is -2.21. The maximum atomic E-state index is 13.2. The van der Waals surface area contributed by atoms with E-state index < -0.39 is 0 Å². The number of nitrogens with zero attached hydrogens (tertiary/aromatic N) is 3. The molecule has 0 fully saturated rings. The third-order valence-electron chi connectivity index (χ3n) is 6.94. The molecule has 0 aliphatic carbocycles. The molecule has 0 saturated carbocycles. The van der Waals surface area contributed by atoms with Gasteiger partial charge in [-0.15, -0.1) is 0 Å². The number of H-pyrrole nitrogens is 1. The number of allylic oxidation sites excluding steroid dienone is 2. The first-order valence-electron chi connectivity index (χ1n) is 13.3. The third kappa shape index (κ3) is 6.48. The molecule has 3 aromatic rings. The topological polar surface area (TPSA) is 80.2 Å². The van der Waals surface area contributed by atoms with E-state index in [1.807, 2.05) is 38.1 Å². The van der Waals surface area contributed by atoms with Crippen molar-refractivity contribution >= 4 is 27.7 Å². The number of nitrogens with one attached hydrogen (secondary N) is 1. The van der Waals surface area contributed by atoms with Crippen molar-refractivity contribution in [2.45, 2.75) is 65.8 Å². The van der Waals surface area contributed by atoms with E-state index in [2.05, 4.69) is 29.9 Å². The number of hydrogen-bond donors (Lipinski definition) is 1. The summed E-state index contributed by atoms with van der Waals surface area (Å²) in [6.45, 7) is 9.45. The lowest BCUT2D eigenvalue weighted by Gasteiger charge is -2.18. The van der Waals surface area contributed by atoms with Gasteiger partial charge in [0.25, 0.3) is 11.1 Å². The maximum absolute atomic E-state index is 13.2. The molecule has 0 unspecified atom stereocenters. The van der Waals surface area contributed by atoms with Crippen LogP contribution in [0.2, 0.25) is 0 Å². The zero-order valence-electron chi connectivity index (χ0n) is 22.4. The monoisotopic (exact) mass is 522 g/mol. The SMILES string of the molecule is CCCCN(C)CCC1=C(/C)OCCCCCn2sc3c(cccc3c2=O)-c2nc(C)c([nH]c2=O)/C=C\1. The maximum Gasteiger partial charge on any atom is 0.274 e. The quantitative estimate of drug-likeness (QED) is 0.447. The highest BCUT2D eigenvalue weighted by atomic mass is 32.1. The third-order valence-corrected chi connectivity index (χ3v) is 8.14. The van der Waals surface area contributed by atoms with Crippen LogP contribution >= 0.6 is 11.5 Å². The number of hydrogen-bond acceptors (Lipinski definition) is 6. The van der Waals surface area contributed by atoms with Crippen LogP contribution in [0.25, 0.3) is 27.4 Å². The fourth-order valence-electron chi connectivity index (χ4n) is 4.58. The number of fused-ring (bicyclic) bond motifs is 9. The highest BCUT2D eigenvalue weighted by Gasteiger charge is 2.17. The van der Waals surface area contributed by atoms with Crippen LogP contribution in [0.5, 0.6) is 0 Å². The molecule has 37 heavy (non-hydrogen) atoms. The van der Waals surface area contributed by atoms with E-state index in [0.717, 1.165) is 60.5 Å². The molecule has 4 heterocycles. The molecule has 0 spiro atoms. The lowest BCUT2D eigenvalue weighted by atomic mass is 10.1. The van der Waals surface area contributed by atoms with E-state index in [4.69, 9.17) is 9.72 Å². The minimum atomic E-state index is -0.260. The first-order valence-corrected chi connectivity index (χ1v) is 14.1. The fourth-order valence-corrected chi connectivity index (χ4v) is 5.72. The van der Waals surface area contributed by atoms with Crippen molar-refractivity contribution in [3.05, 3.63) is 67.7 Å². The second-order valence-electron chi connectivity index (χ2n) is 9.83. The van der Waals surface area contributed by atoms with Gasteiger partial charge in [-0.05, 0) is 77.3 Å². The summed E-state index contributed by atoms with van der Waals surface area (Å²) < 4.78 is 8.76. The molecule has 4 bridgehead atoms. The Balaban J connectivity index is 1.72. The molecule has 0 radical (unpaired) electrons. The molecule has 0 amide bonds. The van der Waals surface area contributed by atoms with Crippen molar-refractivity contribution in [2.75, 3.05) is 26.7 Å². The van der Waals surface area contributed by atoms with Gasteiger partial charge in [0.1, 0.15) is 5.69 Å². The summed E-state index contributed by atoms with van der Waals surface area (Å²) in [5.74, 6) is 0.914. The Labute approximate surface area is 222 Å². The summed E-state index contributed by atoms with van der Waals surface area (Å²) in [5.41, 5.74) is 3.32. The summed E-state index contributed by atoms with van der Waals surface area (Å²) in [5, 5.41) is 0.639. The average Bonchev–Trinajstić information content (AvgIpc) is 3.21. The van der Waals surface area contributed by atoms with E-state index in [1.54, 1.807) is 3.96 Å². The van der Waals surface area contributed by atoms with Gasteiger partial charge in [0.05, 0.1) is 33.8 Å². The van der Waals surface area contributed by atoms with Crippen LogP contribution in [0.15, 0.2) is 45.2 Å². The van der Waals surface area contributed by atoms with Crippen LogP contribution in [-0.4, -0.2) is 45.6 Å². The highest BCUT2D eigenvalue weighted by Crippen LogP contribution is 2.28. The van der Waals surface area contributed by atoms with Gasteiger partial charge in [-0.25, -0.2) is 4.98 Å². The first-order chi connectivity index (χ1) is 17.9. The minimum absolute atomic E-state index is 0.00366. The molecule has 1 aromatic carbocycles. The van der Waals surface area contributed by atoms with Crippen molar-refractivity contribution in [2.24, 2.45) is 0 Å². The molecule has 2 aliphatic heterocycles. The van der Waals surface area contributed by atoms with Gasteiger partial charge in [0.2, 0.25) is 0 Å². The molecule has 198 valence electrons. The van der Waals surface area contributed by atoms with Crippen molar-refractivity contribution in [1.82, 2.24) is 18.8 Å². The fraction of sp³-hybridized carbons (Fsp3) is 0.483. The lowest BCUT2D eigenvalue weighted by molar-refractivity contribution is 0.202. The molecular formula is C29H38N4O3S. The first kappa shape index (κ1) is 27.1. The van der Waals surface area contributed by atoms with E-state index in [9.17, 15) is 9.59 Å². The number of rotatable bonds is 6. The zero-order chi connectivity index (χ0) is 26.4. The normalized spacial score (nSPS) is 17.8. The molecule has 0 atom stereocenters. The van der Waals surface area contributed by atoms with Gasteiger partial charge in [-0.3, -0.25) is 13.5 Å². The molecule has 2 aromatic heterocycles. The molecule has 7 nitrogen and oxygen atoms in total. The Hall–Kier alpha value is -2.97. The van der Waals surface area contributed by atoms with Gasteiger partial charge in [0, 0.05) is 18.7 Å². The number of aromatic nitrogens is 3.